The van der Waals surface area contributed by atoms with E-state index in [0.717, 1.165) is 55.6 Å². The van der Waals surface area contributed by atoms with E-state index in [4.69, 9.17) is 4.74 Å². The minimum Gasteiger partial charge on any atom is -0.474 e. The fourth-order valence-corrected chi connectivity index (χ4v) is 4.29. The molecule has 3 aromatic rings. The fourth-order valence-electron chi connectivity index (χ4n) is 4.29. The summed E-state index contributed by atoms with van der Waals surface area (Å²) in [4.78, 5) is 21.8. The predicted octanol–water partition coefficient (Wildman–Crippen LogP) is 2.94. The first-order chi connectivity index (χ1) is 14.8. The minimum atomic E-state index is 0.261. The Balaban J connectivity index is 1.35. The van der Waals surface area contributed by atoms with Gasteiger partial charge in [-0.1, -0.05) is 0 Å². The lowest BCUT2D eigenvalue weighted by molar-refractivity contribution is 0.204. The molecule has 1 aromatic carbocycles. The Morgan fingerprint density at radius 3 is 2.50 bits per heavy atom. The third-order valence-electron chi connectivity index (χ3n) is 5.89. The van der Waals surface area contributed by atoms with Crippen molar-refractivity contribution in [3.05, 3.63) is 42.6 Å². The zero-order valence-corrected chi connectivity index (χ0v) is 16.7. The molecule has 152 valence electrons. The summed E-state index contributed by atoms with van der Waals surface area (Å²) in [6.07, 6.45) is 9.68. The number of fused-ring (bicyclic) bond motifs is 1. The van der Waals surface area contributed by atoms with E-state index in [0.29, 0.717) is 17.4 Å². The molecule has 0 radical (unpaired) electrons. The number of hydrogen-bond acceptors (Lipinski definition) is 8. The van der Waals surface area contributed by atoms with E-state index in [1.165, 1.54) is 12.8 Å². The van der Waals surface area contributed by atoms with Crippen LogP contribution in [0.5, 0.6) is 5.88 Å². The van der Waals surface area contributed by atoms with E-state index in [1.54, 1.807) is 18.7 Å². The van der Waals surface area contributed by atoms with Crippen LogP contribution in [0.25, 0.3) is 10.9 Å². The number of ether oxygens (including phenoxy) is 1. The summed E-state index contributed by atoms with van der Waals surface area (Å²) < 4.78 is 6.21. The first-order valence-electron chi connectivity index (χ1n) is 10.4. The lowest BCUT2D eigenvalue weighted by Crippen LogP contribution is -2.47. The number of benzene rings is 1. The maximum Gasteiger partial charge on any atom is 0.224 e. The van der Waals surface area contributed by atoms with Crippen LogP contribution in [0.2, 0.25) is 0 Å². The second kappa shape index (κ2) is 8.11. The SMILES string of the molecule is N#Cc1nccnc1N1CCN(c2ccc3ncnc(OC4CCCC4)c3c2)CC1. The van der Waals surface area contributed by atoms with Crippen molar-refractivity contribution >= 4 is 22.4 Å². The smallest absolute Gasteiger partial charge is 0.224 e. The molecule has 0 spiro atoms. The molecule has 2 fully saturated rings. The molecule has 1 aliphatic carbocycles. The normalized spacial score (nSPS) is 17.3. The zero-order chi connectivity index (χ0) is 20.3. The van der Waals surface area contributed by atoms with Crippen LogP contribution in [0.1, 0.15) is 31.4 Å². The van der Waals surface area contributed by atoms with E-state index in [1.807, 2.05) is 6.07 Å². The maximum atomic E-state index is 9.29. The first-order valence-corrected chi connectivity index (χ1v) is 10.4. The molecule has 0 N–H and O–H groups in total. The molecule has 1 saturated carbocycles. The van der Waals surface area contributed by atoms with Crippen LogP contribution in [0, 0.1) is 11.3 Å². The Hall–Kier alpha value is -3.47. The molecule has 3 heterocycles. The van der Waals surface area contributed by atoms with Crippen LogP contribution < -0.4 is 14.5 Å². The van der Waals surface area contributed by atoms with Gasteiger partial charge < -0.3 is 14.5 Å². The quantitative estimate of drug-likeness (QED) is 0.659. The van der Waals surface area contributed by atoms with E-state index < -0.39 is 0 Å². The number of nitriles is 1. The molecule has 8 nitrogen and oxygen atoms in total. The van der Waals surface area contributed by atoms with Gasteiger partial charge in [-0.3, -0.25) is 0 Å². The highest BCUT2D eigenvalue weighted by molar-refractivity contribution is 5.86. The van der Waals surface area contributed by atoms with Crippen LogP contribution in [-0.4, -0.2) is 52.2 Å². The third-order valence-corrected chi connectivity index (χ3v) is 5.89. The summed E-state index contributed by atoms with van der Waals surface area (Å²) in [5.74, 6) is 1.35. The van der Waals surface area contributed by atoms with Crippen LogP contribution in [0.15, 0.2) is 36.9 Å². The molecule has 0 atom stereocenters. The molecule has 0 amide bonds. The van der Waals surface area contributed by atoms with Gasteiger partial charge in [-0.2, -0.15) is 5.26 Å². The van der Waals surface area contributed by atoms with Crippen LogP contribution >= 0.6 is 0 Å². The summed E-state index contributed by atoms with van der Waals surface area (Å²) in [7, 11) is 0. The Morgan fingerprint density at radius 1 is 0.933 bits per heavy atom. The Bertz CT molecular complexity index is 1080. The lowest BCUT2D eigenvalue weighted by atomic mass is 10.1. The van der Waals surface area contributed by atoms with Crippen molar-refractivity contribution in [2.75, 3.05) is 36.0 Å². The van der Waals surface area contributed by atoms with E-state index >= 15 is 0 Å². The molecule has 30 heavy (non-hydrogen) atoms. The summed E-state index contributed by atoms with van der Waals surface area (Å²) in [6, 6.07) is 8.42. The van der Waals surface area contributed by atoms with Gasteiger partial charge in [0.1, 0.15) is 18.5 Å². The largest absolute Gasteiger partial charge is 0.474 e. The molecule has 1 saturated heterocycles. The molecular formula is C22H23N7O. The highest BCUT2D eigenvalue weighted by atomic mass is 16.5. The van der Waals surface area contributed by atoms with Crippen molar-refractivity contribution in [1.29, 1.82) is 5.26 Å². The molecule has 5 rings (SSSR count). The van der Waals surface area contributed by atoms with Gasteiger partial charge in [0.25, 0.3) is 0 Å². The third kappa shape index (κ3) is 3.59. The zero-order valence-electron chi connectivity index (χ0n) is 16.7. The van der Waals surface area contributed by atoms with Gasteiger partial charge in [0.05, 0.1) is 10.9 Å². The lowest BCUT2D eigenvalue weighted by Gasteiger charge is -2.36. The molecule has 0 bridgehead atoms. The number of piperazine rings is 1. The van der Waals surface area contributed by atoms with Crippen LogP contribution in [0.4, 0.5) is 11.5 Å². The summed E-state index contributed by atoms with van der Waals surface area (Å²) in [5.41, 5.74) is 2.41. The fraction of sp³-hybridized carbons (Fsp3) is 0.409. The topological polar surface area (TPSA) is 91.1 Å². The van der Waals surface area contributed by atoms with E-state index in [-0.39, 0.29) is 6.10 Å². The molecule has 2 aliphatic rings. The predicted molar refractivity (Wildman–Crippen MR) is 114 cm³/mol. The van der Waals surface area contributed by atoms with Crippen LogP contribution in [-0.2, 0) is 0 Å². The molecule has 8 heteroatoms. The van der Waals surface area contributed by atoms with Crippen molar-refractivity contribution in [3.63, 3.8) is 0 Å². The van der Waals surface area contributed by atoms with Gasteiger partial charge in [0, 0.05) is 44.3 Å². The van der Waals surface area contributed by atoms with Crippen molar-refractivity contribution in [2.45, 2.75) is 31.8 Å². The van der Waals surface area contributed by atoms with Crippen molar-refractivity contribution < 1.29 is 4.74 Å². The highest BCUT2D eigenvalue weighted by Gasteiger charge is 2.22. The van der Waals surface area contributed by atoms with E-state index in [2.05, 4.69) is 47.9 Å². The Morgan fingerprint density at radius 2 is 1.70 bits per heavy atom. The summed E-state index contributed by atoms with van der Waals surface area (Å²) in [5, 5.41) is 10.3. The summed E-state index contributed by atoms with van der Waals surface area (Å²) >= 11 is 0. The molecule has 2 aromatic heterocycles. The van der Waals surface area contributed by atoms with Gasteiger partial charge in [0.15, 0.2) is 11.5 Å². The monoisotopic (exact) mass is 401 g/mol. The van der Waals surface area contributed by atoms with Gasteiger partial charge in [-0.15, -0.1) is 0 Å². The van der Waals surface area contributed by atoms with E-state index in [9.17, 15) is 5.26 Å². The average molecular weight is 401 g/mol. The number of hydrogen-bond donors (Lipinski definition) is 0. The average Bonchev–Trinajstić information content (AvgIpc) is 3.32. The van der Waals surface area contributed by atoms with Crippen molar-refractivity contribution in [2.24, 2.45) is 0 Å². The second-order valence-corrected chi connectivity index (χ2v) is 7.72. The molecule has 0 unspecified atom stereocenters. The number of anilines is 2. The van der Waals surface area contributed by atoms with Gasteiger partial charge >= 0.3 is 0 Å². The molecule has 1 aliphatic heterocycles. The van der Waals surface area contributed by atoms with Crippen molar-refractivity contribution in [1.82, 2.24) is 19.9 Å². The van der Waals surface area contributed by atoms with Gasteiger partial charge in [0.2, 0.25) is 5.88 Å². The Kier molecular flexibility index (Phi) is 5.01. The standard InChI is InChI=1S/C22H23N7O/c23-14-20-21(25-8-7-24-20)29-11-9-28(10-12-29)16-5-6-19-18(13-16)22(27-15-26-19)30-17-3-1-2-4-17/h5-8,13,15,17H,1-4,9-12H2. The molecular weight excluding hydrogens is 378 g/mol. The number of nitrogens with zero attached hydrogens (tertiary/aromatic N) is 7. The van der Waals surface area contributed by atoms with Crippen molar-refractivity contribution in [3.8, 4) is 11.9 Å². The highest BCUT2D eigenvalue weighted by Crippen LogP contribution is 2.31. The Labute approximate surface area is 175 Å². The first kappa shape index (κ1) is 18.6. The van der Waals surface area contributed by atoms with Gasteiger partial charge in [-0.05, 0) is 43.9 Å². The van der Waals surface area contributed by atoms with Gasteiger partial charge in [-0.25, -0.2) is 19.9 Å². The second-order valence-electron chi connectivity index (χ2n) is 7.72. The van der Waals surface area contributed by atoms with Crippen LogP contribution in [0.3, 0.4) is 0 Å². The minimum absolute atomic E-state index is 0.261. The number of rotatable bonds is 4. The summed E-state index contributed by atoms with van der Waals surface area (Å²) in [6.45, 7) is 3.23. The number of aromatic nitrogens is 4. The maximum absolute atomic E-state index is 9.29.